The highest BCUT2D eigenvalue weighted by Gasteiger charge is 2.73. The molecular formula is C27H30N2O5. The van der Waals surface area contributed by atoms with Crippen LogP contribution in [-0.4, -0.2) is 42.8 Å². The van der Waals surface area contributed by atoms with Crippen molar-refractivity contribution < 1.29 is 24.2 Å². The molecule has 178 valence electrons. The second-order valence-electron chi connectivity index (χ2n) is 9.83. The number of fused-ring (bicyclic) bond motifs is 3. The van der Waals surface area contributed by atoms with Crippen LogP contribution in [0.3, 0.4) is 0 Å². The van der Waals surface area contributed by atoms with Crippen LogP contribution in [0.25, 0.3) is 11.1 Å². The minimum Gasteiger partial charge on any atom is -0.481 e. The molecule has 7 nitrogen and oxygen atoms in total. The molecule has 0 heterocycles. The summed E-state index contributed by atoms with van der Waals surface area (Å²) < 4.78 is 5.64. The van der Waals surface area contributed by atoms with Crippen LogP contribution in [0.4, 0.5) is 4.79 Å². The lowest BCUT2D eigenvalue weighted by Crippen LogP contribution is -2.45. The molecule has 0 bridgehead atoms. The van der Waals surface area contributed by atoms with Crippen LogP contribution in [0, 0.1) is 10.8 Å². The summed E-state index contributed by atoms with van der Waals surface area (Å²) in [5.41, 5.74) is 4.03. The number of hydrogen-bond acceptors (Lipinski definition) is 4. The number of hydrogen-bond donors (Lipinski definition) is 3. The number of carboxylic acids is 1. The Labute approximate surface area is 198 Å². The maximum absolute atomic E-state index is 13.0. The Kier molecular flexibility index (Phi) is 5.80. The summed E-state index contributed by atoms with van der Waals surface area (Å²) in [5, 5.41) is 14.5. The van der Waals surface area contributed by atoms with E-state index in [1.165, 1.54) is 11.1 Å². The normalized spacial score (nSPS) is 21.2. The number of alkyl carbamates (subject to hydrolysis) is 1. The maximum atomic E-state index is 13.0. The summed E-state index contributed by atoms with van der Waals surface area (Å²) in [6.07, 6.45) is 3.73. The van der Waals surface area contributed by atoms with E-state index in [1.54, 1.807) is 0 Å². The molecule has 2 saturated carbocycles. The van der Waals surface area contributed by atoms with Crippen molar-refractivity contribution in [2.75, 3.05) is 19.7 Å². The first kappa shape index (κ1) is 22.4. The van der Waals surface area contributed by atoms with Gasteiger partial charge in [-0.1, -0.05) is 55.0 Å². The standard InChI is InChI=1S/C27H30N2O5/c30-23(31)11-5-14-28-24(32)27(16-26(27)12-6-13-26)17-29-25(33)34-15-22-20-9-3-1-7-18(20)19-8-2-4-10-21(19)22/h1-4,7-10,22H,5-6,11-17H2,(H,28,32)(H,29,33)(H,30,31). The lowest BCUT2D eigenvalue weighted by Gasteiger charge is -2.32. The first-order chi connectivity index (χ1) is 16.5. The Morgan fingerprint density at radius 1 is 0.971 bits per heavy atom. The number of carbonyl (C=O) groups excluding carboxylic acids is 2. The summed E-state index contributed by atoms with van der Waals surface area (Å²) in [5.74, 6) is -0.970. The van der Waals surface area contributed by atoms with Gasteiger partial charge in [-0.05, 0) is 53.4 Å². The Morgan fingerprint density at radius 2 is 1.62 bits per heavy atom. The van der Waals surface area contributed by atoms with E-state index in [9.17, 15) is 14.4 Å². The molecule has 0 aliphatic heterocycles. The maximum Gasteiger partial charge on any atom is 0.407 e. The summed E-state index contributed by atoms with van der Waals surface area (Å²) >= 11 is 0. The third-order valence-corrected chi connectivity index (χ3v) is 8.01. The molecule has 2 amide bonds. The van der Waals surface area contributed by atoms with Crippen LogP contribution in [0.2, 0.25) is 0 Å². The van der Waals surface area contributed by atoms with E-state index in [2.05, 4.69) is 34.9 Å². The number of carboxylic acid groups (broad SMARTS) is 1. The summed E-state index contributed by atoms with van der Waals surface area (Å²) in [6, 6.07) is 16.4. The Balaban J connectivity index is 1.18. The molecular weight excluding hydrogens is 432 g/mol. The molecule has 34 heavy (non-hydrogen) atoms. The van der Waals surface area contributed by atoms with Gasteiger partial charge in [-0.3, -0.25) is 9.59 Å². The fourth-order valence-electron chi connectivity index (χ4n) is 5.93. The molecule has 1 unspecified atom stereocenters. The second kappa shape index (κ2) is 8.78. The Hall–Kier alpha value is -3.35. The number of ether oxygens (including phenoxy) is 1. The van der Waals surface area contributed by atoms with Gasteiger partial charge in [0.2, 0.25) is 5.91 Å². The number of benzene rings is 2. The molecule has 0 radical (unpaired) electrons. The van der Waals surface area contributed by atoms with Crippen molar-refractivity contribution in [1.82, 2.24) is 10.6 Å². The van der Waals surface area contributed by atoms with E-state index in [-0.39, 0.29) is 36.8 Å². The summed E-state index contributed by atoms with van der Waals surface area (Å²) in [6.45, 7) is 0.807. The molecule has 3 aliphatic carbocycles. The van der Waals surface area contributed by atoms with E-state index < -0.39 is 17.5 Å². The van der Waals surface area contributed by atoms with Crippen molar-refractivity contribution in [1.29, 1.82) is 0 Å². The zero-order chi connectivity index (χ0) is 23.8. The molecule has 2 aromatic rings. The molecule has 5 rings (SSSR count). The van der Waals surface area contributed by atoms with E-state index in [0.29, 0.717) is 13.0 Å². The lowest BCUT2D eigenvalue weighted by molar-refractivity contribution is -0.137. The topological polar surface area (TPSA) is 105 Å². The van der Waals surface area contributed by atoms with E-state index in [1.807, 2.05) is 24.3 Å². The zero-order valence-corrected chi connectivity index (χ0v) is 19.1. The van der Waals surface area contributed by atoms with Crippen molar-refractivity contribution in [2.24, 2.45) is 10.8 Å². The number of amides is 2. The van der Waals surface area contributed by atoms with Crippen LogP contribution in [0.1, 0.15) is 55.6 Å². The third-order valence-electron chi connectivity index (χ3n) is 8.01. The third kappa shape index (κ3) is 3.83. The first-order valence-electron chi connectivity index (χ1n) is 12.0. The number of carbonyl (C=O) groups is 3. The van der Waals surface area contributed by atoms with E-state index in [4.69, 9.17) is 9.84 Å². The largest absolute Gasteiger partial charge is 0.481 e. The molecule has 0 saturated heterocycles. The van der Waals surface area contributed by atoms with E-state index >= 15 is 0 Å². The first-order valence-corrected chi connectivity index (χ1v) is 12.0. The van der Waals surface area contributed by atoms with Crippen LogP contribution in [-0.2, 0) is 14.3 Å². The van der Waals surface area contributed by atoms with Crippen LogP contribution < -0.4 is 10.6 Å². The van der Waals surface area contributed by atoms with Gasteiger partial charge in [-0.2, -0.15) is 0 Å². The van der Waals surface area contributed by atoms with Gasteiger partial charge in [-0.25, -0.2) is 4.79 Å². The summed E-state index contributed by atoms with van der Waals surface area (Å²) in [4.78, 5) is 36.3. The van der Waals surface area contributed by atoms with Crippen molar-refractivity contribution in [3.05, 3.63) is 59.7 Å². The molecule has 1 atom stereocenters. The minimum absolute atomic E-state index is 0.0106. The van der Waals surface area contributed by atoms with Gasteiger partial charge < -0.3 is 20.5 Å². The summed E-state index contributed by atoms with van der Waals surface area (Å²) in [7, 11) is 0. The highest BCUT2D eigenvalue weighted by molar-refractivity contribution is 5.88. The van der Waals surface area contributed by atoms with Crippen molar-refractivity contribution >= 4 is 18.0 Å². The van der Waals surface area contributed by atoms with Gasteiger partial charge in [0.1, 0.15) is 6.61 Å². The van der Waals surface area contributed by atoms with Gasteiger partial charge in [-0.15, -0.1) is 0 Å². The highest BCUT2D eigenvalue weighted by Crippen LogP contribution is 2.73. The molecule has 0 aromatic heterocycles. The number of nitrogens with one attached hydrogen (secondary N) is 2. The van der Waals surface area contributed by atoms with Gasteiger partial charge >= 0.3 is 12.1 Å². The van der Waals surface area contributed by atoms with Crippen molar-refractivity contribution in [3.63, 3.8) is 0 Å². The Bertz CT molecular complexity index is 1080. The molecule has 3 aliphatic rings. The van der Waals surface area contributed by atoms with Gasteiger partial charge in [0.05, 0.1) is 5.41 Å². The zero-order valence-electron chi connectivity index (χ0n) is 19.1. The monoisotopic (exact) mass is 462 g/mol. The van der Waals surface area contributed by atoms with Crippen LogP contribution >= 0.6 is 0 Å². The van der Waals surface area contributed by atoms with Gasteiger partial charge in [0, 0.05) is 25.4 Å². The van der Waals surface area contributed by atoms with Crippen molar-refractivity contribution in [3.8, 4) is 11.1 Å². The molecule has 1 spiro atoms. The molecule has 7 heteroatoms. The molecule has 2 fully saturated rings. The predicted molar refractivity (Wildman–Crippen MR) is 126 cm³/mol. The molecule has 3 N–H and O–H groups in total. The van der Waals surface area contributed by atoms with Gasteiger partial charge in [0.25, 0.3) is 0 Å². The quantitative estimate of drug-likeness (QED) is 0.488. The second-order valence-corrected chi connectivity index (χ2v) is 9.83. The van der Waals surface area contributed by atoms with Crippen LogP contribution in [0.15, 0.2) is 48.5 Å². The van der Waals surface area contributed by atoms with Crippen LogP contribution in [0.5, 0.6) is 0 Å². The SMILES string of the molecule is O=C(O)CCCNC(=O)C1(CNC(=O)OCC2c3ccccc3-c3ccccc32)CC12CCC2. The highest BCUT2D eigenvalue weighted by atomic mass is 16.5. The average molecular weight is 463 g/mol. The smallest absolute Gasteiger partial charge is 0.407 e. The number of aliphatic carboxylic acids is 1. The fourth-order valence-corrected chi connectivity index (χ4v) is 5.93. The Morgan fingerprint density at radius 3 is 2.18 bits per heavy atom. The van der Waals surface area contributed by atoms with Crippen molar-refractivity contribution in [2.45, 2.75) is 44.4 Å². The molecule has 2 aromatic carbocycles. The van der Waals surface area contributed by atoms with Gasteiger partial charge in [0.15, 0.2) is 0 Å². The van der Waals surface area contributed by atoms with E-state index in [0.717, 1.165) is 36.8 Å². The fraction of sp³-hybridized carbons (Fsp3) is 0.444. The predicted octanol–water partition coefficient (Wildman–Crippen LogP) is 4.07. The average Bonchev–Trinajstić information content (AvgIpc) is 3.43. The number of rotatable bonds is 9. The lowest BCUT2D eigenvalue weighted by atomic mass is 9.74. The minimum atomic E-state index is -0.872.